The maximum absolute atomic E-state index is 12.5. The van der Waals surface area contributed by atoms with Crippen molar-refractivity contribution in [1.82, 2.24) is 5.32 Å². The molecule has 0 bridgehead atoms. The largest absolute Gasteiger partial charge is 0.409 e. The van der Waals surface area contributed by atoms with Crippen LogP contribution in [0.25, 0.3) is 0 Å². The van der Waals surface area contributed by atoms with E-state index in [1.54, 1.807) is 11.8 Å². The van der Waals surface area contributed by atoms with Gasteiger partial charge in [0, 0.05) is 6.54 Å². The van der Waals surface area contributed by atoms with Gasteiger partial charge in [-0.05, 0) is 31.4 Å². The first-order valence-electron chi connectivity index (χ1n) is 5.17. The molecule has 0 aromatic carbocycles. The summed E-state index contributed by atoms with van der Waals surface area (Å²) in [7, 11) is 0. The highest BCUT2D eigenvalue weighted by molar-refractivity contribution is 7.98. The SMILES string of the molecule is CSCCCCNCC(C(N)=NO)C(F)(F)F. The molecule has 0 heterocycles. The number of unbranched alkanes of at least 4 members (excludes halogenated alkanes) is 1. The Morgan fingerprint density at radius 2 is 2.12 bits per heavy atom. The molecule has 0 saturated heterocycles. The van der Waals surface area contributed by atoms with E-state index in [0.29, 0.717) is 6.54 Å². The topological polar surface area (TPSA) is 70.6 Å². The van der Waals surface area contributed by atoms with E-state index in [0.717, 1.165) is 18.6 Å². The Labute approximate surface area is 103 Å². The van der Waals surface area contributed by atoms with E-state index in [1.807, 2.05) is 6.26 Å². The summed E-state index contributed by atoms with van der Waals surface area (Å²) in [5.41, 5.74) is 5.00. The van der Waals surface area contributed by atoms with E-state index in [9.17, 15) is 13.2 Å². The summed E-state index contributed by atoms with van der Waals surface area (Å²) < 4.78 is 37.4. The summed E-state index contributed by atoms with van der Waals surface area (Å²) in [5.74, 6) is -1.76. The minimum atomic E-state index is -4.50. The number of oxime groups is 1. The molecular weight excluding hydrogens is 255 g/mol. The van der Waals surface area contributed by atoms with E-state index in [-0.39, 0.29) is 6.54 Å². The summed E-state index contributed by atoms with van der Waals surface area (Å²) in [5, 5.41) is 13.4. The van der Waals surface area contributed by atoms with Crippen molar-refractivity contribution in [3.63, 3.8) is 0 Å². The first kappa shape index (κ1) is 16.4. The van der Waals surface area contributed by atoms with Crippen molar-refractivity contribution in [1.29, 1.82) is 0 Å². The molecule has 0 fully saturated rings. The van der Waals surface area contributed by atoms with Crippen LogP contribution in [0.1, 0.15) is 12.8 Å². The van der Waals surface area contributed by atoms with Gasteiger partial charge in [-0.2, -0.15) is 24.9 Å². The average molecular weight is 273 g/mol. The van der Waals surface area contributed by atoms with Crippen LogP contribution >= 0.6 is 11.8 Å². The number of amidine groups is 1. The molecule has 0 spiro atoms. The van der Waals surface area contributed by atoms with Gasteiger partial charge in [0.05, 0.1) is 0 Å². The van der Waals surface area contributed by atoms with Crippen LogP contribution in [0, 0.1) is 5.92 Å². The van der Waals surface area contributed by atoms with Gasteiger partial charge in [0.15, 0.2) is 5.84 Å². The van der Waals surface area contributed by atoms with E-state index < -0.39 is 17.9 Å². The van der Waals surface area contributed by atoms with E-state index in [2.05, 4.69) is 10.5 Å². The Bertz CT molecular complexity index is 236. The third-order valence-corrected chi connectivity index (χ3v) is 2.87. The van der Waals surface area contributed by atoms with Crippen LogP contribution in [0.2, 0.25) is 0 Å². The van der Waals surface area contributed by atoms with Crippen molar-refractivity contribution in [3.8, 4) is 0 Å². The standard InChI is InChI=1S/C9H18F3N3OS/c1-17-5-3-2-4-14-6-7(8(13)15-16)9(10,11)12/h7,14,16H,2-6H2,1H3,(H2,13,15). The van der Waals surface area contributed by atoms with Crippen molar-refractivity contribution >= 4 is 17.6 Å². The first-order valence-corrected chi connectivity index (χ1v) is 6.56. The van der Waals surface area contributed by atoms with Gasteiger partial charge in [-0.3, -0.25) is 0 Å². The maximum atomic E-state index is 12.5. The molecule has 0 aromatic heterocycles. The van der Waals surface area contributed by atoms with Gasteiger partial charge in [0.2, 0.25) is 0 Å². The van der Waals surface area contributed by atoms with Crippen LogP contribution in [0.5, 0.6) is 0 Å². The quantitative estimate of drug-likeness (QED) is 0.207. The number of hydrogen-bond acceptors (Lipinski definition) is 4. The van der Waals surface area contributed by atoms with Crippen molar-refractivity contribution in [2.45, 2.75) is 19.0 Å². The average Bonchev–Trinajstić information content (AvgIpc) is 2.25. The summed E-state index contributed by atoms with van der Waals surface area (Å²) in [6.45, 7) is 0.129. The molecule has 0 saturated carbocycles. The molecule has 0 aliphatic heterocycles. The second-order valence-corrected chi connectivity index (χ2v) is 4.51. The Balaban J connectivity index is 3.95. The zero-order valence-electron chi connectivity index (χ0n) is 9.63. The highest BCUT2D eigenvalue weighted by Crippen LogP contribution is 2.25. The van der Waals surface area contributed by atoms with Crippen molar-refractivity contribution in [2.24, 2.45) is 16.8 Å². The van der Waals surface area contributed by atoms with Crippen LogP contribution in [0.15, 0.2) is 5.16 Å². The molecule has 0 amide bonds. The third kappa shape index (κ3) is 7.32. The van der Waals surface area contributed by atoms with Crippen LogP contribution in [0.4, 0.5) is 13.2 Å². The van der Waals surface area contributed by atoms with E-state index in [1.165, 1.54) is 0 Å². The fourth-order valence-corrected chi connectivity index (χ4v) is 1.69. The number of thioether (sulfide) groups is 1. The summed E-state index contributed by atoms with van der Waals surface area (Å²) in [6, 6.07) is 0. The number of nitrogens with one attached hydrogen (secondary N) is 1. The van der Waals surface area contributed by atoms with Gasteiger partial charge >= 0.3 is 6.18 Å². The third-order valence-electron chi connectivity index (χ3n) is 2.17. The van der Waals surface area contributed by atoms with Gasteiger partial charge in [-0.15, -0.1) is 0 Å². The van der Waals surface area contributed by atoms with Crippen LogP contribution in [-0.4, -0.2) is 42.3 Å². The predicted octanol–water partition coefficient (Wildman–Crippen LogP) is 1.64. The van der Waals surface area contributed by atoms with Gasteiger partial charge in [-0.1, -0.05) is 5.16 Å². The molecular formula is C9H18F3N3OS. The molecule has 8 heteroatoms. The smallest absolute Gasteiger partial charge is 0.400 e. The summed E-state index contributed by atoms with van der Waals surface area (Å²) in [6.07, 6.45) is -0.760. The first-order chi connectivity index (χ1) is 7.93. The Hall–Kier alpha value is -0.630. The lowest BCUT2D eigenvalue weighted by Gasteiger charge is -2.19. The second-order valence-electron chi connectivity index (χ2n) is 3.52. The van der Waals surface area contributed by atoms with Gasteiger partial charge < -0.3 is 16.3 Å². The van der Waals surface area contributed by atoms with Crippen molar-refractivity contribution in [3.05, 3.63) is 0 Å². The zero-order valence-corrected chi connectivity index (χ0v) is 10.4. The lowest BCUT2D eigenvalue weighted by atomic mass is 10.1. The molecule has 1 atom stereocenters. The Kier molecular flexibility index (Phi) is 8.15. The fourth-order valence-electron chi connectivity index (χ4n) is 1.20. The lowest BCUT2D eigenvalue weighted by molar-refractivity contribution is -0.154. The van der Waals surface area contributed by atoms with Gasteiger partial charge in [0.1, 0.15) is 5.92 Å². The second kappa shape index (κ2) is 8.46. The number of nitrogens with two attached hydrogens (primary N) is 1. The highest BCUT2D eigenvalue weighted by atomic mass is 32.2. The number of alkyl halides is 3. The summed E-state index contributed by atoms with van der Waals surface area (Å²) in [4.78, 5) is 0. The van der Waals surface area contributed by atoms with Crippen molar-refractivity contribution < 1.29 is 18.4 Å². The molecule has 102 valence electrons. The molecule has 4 nitrogen and oxygen atoms in total. The predicted molar refractivity (Wildman–Crippen MR) is 63.4 cm³/mol. The highest BCUT2D eigenvalue weighted by Gasteiger charge is 2.42. The number of hydrogen-bond donors (Lipinski definition) is 3. The van der Waals surface area contributed by atoms with E-state index >= 15 is 0 Å². The van der Waals surface area contributed by atoms with E-state index in [4.69, 9.17) is 10.9 Å². The van der Waals surface area contributed by atoms with Crippen LogP contribution < -0.4 is 11.1 Å². The molecule has 17 heavy (non-hydrogen) atoms. The van der Waals surface area contributed by atoms with Crippen LogP contribution in [-0.2, 0) is 0 Å². The van der Waals surface area contributed by atoms with Crippen LogP contribution in [0.3, 0.4) is 0 Å². The molecule has 0 radical (unpaired) electrons. The molecule has 1 unspecified atom stereocenters. The minimum absolute atomic E-state index is 0.362. The Morgan fingerprint density at radius 3 is 2.59 bits per heavy atom. The number of rotatable bonds is 8. The zero-order chi connectivity index (χ0) is 13.3. The lowest BCUT2D eigenvalue weighted by Crippen LogP contribution is -2.43. The molecule has 0 aliphatic carbocycles. The summed E-state index contributed by atoms with van der Waals surface area (Å²) >= 11 is 1.70. The van der Waals surface area contributed by atoms with Crippen molar-refractivity contribution in [2.75, 3.05) is 25.1 Å². The number of halogens is 3. The Morgan fingerprint density at radius 1 is 1.47 bits per heavy atom. The van der Waals surface area contributed by atoms with Gasteiger partial charge in [0.25, 0.3) is 0 Å². The maximum Gasteiger partial charge on any atom is 0.400 e. The number of nitrogens with zero attached hydrogens (tertiary/aromatic N) is 1. The minimum Gasteiger partial charge on any atom is -0.409 e. The van der Waals surface area contributed by atoms with Gasteiger partial charge in [-0.25, -0.2) is 0 Å². The molecule has 0 aromatic rings. The fraction of sp³-hybridized carbons (Fsp3) is 0.889. The molecule has 4 N–H and O–H groups in total. The normalized spacial score (nSPS) is 14.9. The monoisotopic (exact) mass is 273 g/mol. The molecule has 0 aliphatic rings. The molecule has 0 rings (SSSR count).